The van der Waals surface area contributed by atoms with Crippen LogP contribution in [0.15, 0.2) is 22.8 Å². The Bertz CT molecular complexity index is 721. The molecule has 144 valence electrons. The SMILES string of the molecule is Brc1ccc2nc([C]3[CH][CH][CH][CH]3)c(NC3CCCCC3)n2c1.[CH]1[CH][CH][CH][CH]1.[Fe+2]. The Morgan fingerprint density at radius 1 is 0.893 bits per heavy atom. The normalized spacial score (nSPS) is 20.6. The molecule has 5 rings (SSSR count). The number of aromatic nitrogens is 2. The maximum Gasteiger partial charge on any atom is 2.00 e. The molecule has 2 aromatic heterocycles. The average Bonchev–Trinajstić information content (AvgIpc) is 3.46. The van der Waals surface area contributed by atoms with E-state index in [2.05, 4.69) is 63.6 Å². The number of nitrogens with zero attached hydrogens (tertiary/aromatic N) is 2. The van der Waals surface area contributed by atoms with Gasteiger partial charge in [-0.2, -0.15) is 0 Å². The van der Waals surface area contributed by atoms with Crippen molar-refractivity contribution in [3.63, 3.8) is 0 Å². The molecular formula is C23H24BrFeN3+2. The summed E-state index contributed by atoms with van der Waals surface area (Å²) in [5.41, 5.74) is 2.03. The topological polar surface area (TPSA) is 29.3 Å². The number of fused-ring (bicyclic) bond motifs is 1. The Kier molecular flexibility index (Phi) is 8.74. The summed E-state index contributed by atoms with van der Waals surface area (Å²) in [5.74, 6) is 2.30. The van der Waals surface area contributed by atoms with Crippen molar-refractivity contribution in [3.05, 3.63) is 92.2 Å². The molecule has 28 heavy (non-hydrogen) atoms. The molecule has 2 aromatic rings. The second-order valence-corrected chi connectivity index (χ2v) is 7.92. The fraction of sp³-hybridized carbons (Fsp3) is 0.261. The maximum atomic E-state index is 4.84. The first kappa shape index (κ1) is 22.2. The zero-order chi connectivity index (χ0) is 18.5. The van der Waals surface area contributed by atoms with Gasteiger partial charge in [0.25, 0.3) is 0 Å². The number of nitrogens with one attached hydrogen (secondary N) is 1. The van der Waals surface area contributed by atoms with Gasteiger partial charge in [0.1, 0.15) is 11.5 Å². The number of pyridine rings is 1. The molecule has 1 N–H and O–H groups in total. The van der Waals surface area contributed by atoms with Crippen LogP contribution in [0, 0.1) is 63.7 Å². The van der Waals surface area contributed by atoms with E-state index in [0.29, 0.717) is 6.04 Å². The molecule has 0 amide bonds. The van der Waals surface area contributed by atoms with Crippen LogP contribution < -0.4 is 5.32 Å². The number of hydrogen-bond acceptors (Lipinski definition) is 2. The molecule has 3 saturated carbocycles. The van der Waals surface area contributed by atoms with Crippen molar-refractivity contribution >= 4 is 27.4 Å². The molecule has 0 aromatic carbocycles. The molecule has 0 aliphatic heterocycles. The molecule has 3 fully saturated rings. The number of halogens is 1. The number of rotatable bonds is 3. The Labute approximate surface area is 189 Å². The third-order valence-corrected chi connectivity index (χ3v) is 5.49. The second-order valence-electron chi connectivity index (χ2n) is 7.00. The van der Waals surface area contributed by atoms with E-state index in [1.807, 2.05) is 38.2 Å². The van der Waals surface area contributed by atoms with Gasteiger partial charge in [0, 0.05) is 22.6 Å². The number of hydrogen-bond donors (Lipinski definition) is 1. The third-order valence-electron chi connectivity index (χ3n) is 5.02. The minimum atomic E-state index is 0. The monoisotopic (exact) mass is 477 g/mol. The van der Waals surface area contributed by atoms with E-state index in [0.717, 1.165) is 21.6 Å². The van der Waals surface area contributed by atoms with Crippen molar-refractivity contribution in [1.29, 1.82) is 0 Å². The van der Waals surface area contributed by atoms with Crippen molar-refractivity contribution in [1.82, 2.24) is 9.38 Å². The van der Waals surface area contributed by atoms with Crippen molar-refractivity contribution in [2.45, 2.75) is 38.1 Å². The second kappa shape index (κ2) is 11.0. The zero-order valence-corrected chi connectivity index (χ0v) is 18.4. The summed E-state index contributed by atoms with van der Waals surface area (Å²) in [4.78, 5) is 4.84. The predicted octanol–water partition coefficient (Wildman–Crippen LogP) is 5.61. The number of anilines is 1. The van der Waals surface area contributed by atoms with Crippen LogP contribution >= 0.6 is 15.9 Å². The Morgan fingerprint density at radius 3 is 2.18 bits per heavy atom. The van der Waals surface area contributed by atoms with Gasteiger partial charge < -0.3 is 5.32 Å². The van der Waals surface area contributed by atoms with Crippen molar-refractivity contribution in [2.24, 2.45) is 0 Å². The fourth-order valence-corrected chi connectivity index (χ4v) is 3.99. The molecule has 0 unspecified atom stereocenters. The molecule has 10 radical (unpaired) electrons. The molecule has 0 bridgehead atoms. The van der Waals surface area contributed by atoms with E-state index in [9.17, 15) is 0 Å². The van der Waals surface area contributed by atoms with Gasteiger partial charge in [-0.15, -0.1) is 0 Å². The van der Waals surface area contributed by atoms with Crippen molar-refractivity contribution in [3.8, 4) is 0 Å². The molecule has 3 nitrogen and oxygen atoms in total. The van der Waals surface area contributed by atoms with Crippen LogP contribution in [0.2, 0.25) is 0 Å². The molecule has 5 heteroatoms. The fourth-order valence-electron chi connectivity index (χ4n) is 3.65. The standard InChI is InChI=1S/C18H19BrN3.C5H5.Fe/c19-14-10-11-16-21-17(13-6-4-5-7-13)18(22(16)12-14)20-15-8-2-1-3-9-15;1-2-4-5-3-1;/h4-7,10-12,15,20H,1-3,8-9H2;1-5H;/q;;+2. The summed E-state index contributed by atoms with van der Waals surface area (Å²) in [5, 5.41) is 3.77. The van der Waals surface area contributed by atoms with E-state index in [-0.39, 0.29) is 17.1 Å². The first-order valence-corrected chi connectivity index (χ1v) is 10.4. The van der Waals surface area contributed by atoms with Crippen LogP contribution in [0.5, 0.6) is 0 Å². The van der Waals surface area contributed by atoms with E-state index in [4.69, 9.17) is 4.98 Å². The van der Waals surface area contributed by atoms with E-state index in [1.165, 1.54) is 38.0 Å². The maximum absolute atomic E-state index is 4.84. The van der Waals surface area contributed by atoms with Gasteiger partial charge in [0.05, 0.1) is 5.69 Å². The van der Waals surface area contributed by atoms with Gasteiger partial charge in [0.15, 0.2) is 0 Å². The minimum Gasteiger partial charge on any atom is -0.367 e. The summed E-state index contributed by atoms with van der Waals surface area (Å²) in [6.45, 7) is 0. The molecule has 0 atom stereocenters. The van der Waals surface area contributed by atoms with E-state index in [1.54, 1.807) is 0 Å². The van der Waals surface area contributed by atoms with Crippen LogP contribution in [0.3, 0.4) is 0 Å². The van der Waals surface area contributed by atoms with Gasteiger partial charge in [0.2, 0.25) is 0 Å². The quantitative estimate of drug-likeness (QED) is 0.582. The van der Waals surface area contributed by atoms with Crippen LogP contribution in [0.4, 0.5) is 5.82 Å². The van der Waals surface area contributed by atoms with Gasteiger partial charge in [-0.05, 0) is 98.7 Å². The van der Waals surface area contributed by atoms with E-state index < -0.39 is 0 Å². The Morgan fingerprint density at radius 2 is 1.54 bits per heavy atom. The van der Waals surface area contributed by atoms with Crippen LogP contribution in [-0.2, 0) is 17.1 Å². The summed E-state index contributed by atoms with van der Waals surface area (Å²) < 4.78 is 3.24. The van der Waals surface area contributed by atoms with Crippen LogP contribution in [0.25, 0.3) is 5.65 Å². The smallest absolute Gasteiger partial charge is 0.367 e. The molecule has 2 heterocycles. The molecular weight excluding hydrogens is 454 g/mol. The van der Waals surface area contributed by atoms with Crippen molar-refractivity contribution in [2.75, 3.05) is 5.32 Å². The van der Waals surface area contributed by atoms with Crippen LogP contribution in [-0.4, -0.2) is 15.4 Å². The Hall–Kier alpha value is -0.511. The number of imidazole rings is 1. The minimum absolute atomic E-state index is 0. The van der Waals surface area contributed by atoms with Gasteiger partial charge in [-0.25, -0.2) is 4.98 Å². The summed E-state index contributed by atoms with van der Waals surface area (Å²) in [6, 6.07) is 4.66. The molecule has 0 spiro atoms. The van der Waals surface area contributed by atoms with E-state index >= 15 is 0 Å². The summed E-state index contributed by atoms with van der Waals surface area (Å²) in [7, 11) is 0. The molecule has 3 aliphatic carbocycles. The van der Waals surface area contributed by atoms with Gasteiger partial charge in [-0.3, -0.25) is 4.40 Å². The third kappa shape index (κ3) is 5.55. The first-order valence-electron chi connectivity index (χ1n) is 9.64. The van der Waals surface area contributed by atoms with Gasteiger partial charge >= 0.3 is 17.1 Å². The average molecular weight is 478 g/mol. The zero-order valence-electron chi connectivity index (χ0n) is 15.7. The summed E-state index contributed by atoms with van der Waals surface area (Å²) in [6.07, 6.45) is 27.0. The first-order chi connectivity index (χ1) is 13.3. The van der Waals surface area contributed by atoms with Crippen molar-refractivity contribution < 1.29 is 17.1 Å². The largest absolute Gasteiger partial charge is 2.00 e. The predicted molar refractivity (Wildman–Crippen MR) is 114 cm³/mol. The molecule has 0 saturated heterocycles. The van der Waals surface area contributed by atoms with Crippen LogP contribution in [0.1, 0.15) is 37.8 Å². The summed E-state index contributed by atoms with van der Waals surface area (Å²) >= 11 is 3.57. The van der Waals surface area contributed by atoms with Gasteiger partial charge in [-0.1, -0.05) is 19.3 Å². The molecule has 3 aliphatic rings. The Balaban J connectivity index is 0.000000329.